The molecule has 4 nitrogen and oxygen atoms in total. The van der Waals surface area contributed by atoms with Gasteiger partial charge in [0.2, 0.25) is 11.8 Å². The first-order valence-electron chi connectivity index (χ1n) is 5.63. The Morgan fingerprint density at radius 3 is 3.25 bits per heavy atom. The lowest BCUT2D eigenvalue weighted by atomic mass is 10.2. The Morgan fingerprint density at radius 1 is 1.62 bits per heavy atom. The second-order valence-corrected chi connectivity index (χ2v) is 4.42. The molecule has 2 heterocycles. The van der Waals surface area contributed by atoms with Crippen LogP contribution < -0.4 is 9.64 Å². The number of alkyl halides is 1. The Kier molecular flexibility index (Phi) is 3.98. The van der Waals surface area contributed by atoms with Crippen molar-refractivity contribution in [1.29, 1.82) is 0 Å². The molecule has 0 amide bonds. The zero-order valence-corrected chi connectivity index (χ0v) is 11.0. The van der Waals surface area contributed by atoms with Crippen LogP contribution in [0.4, 0.5) is 5.95 Å². The van der Waals surface area contributed by atoms with Crippen LogP contribution in [-0.2, 0) is 0 Å². The predicted molar refractivity (Wildman–Crippen MR) is 67.4 cm³/mol. The molecule has 0 radical (unpaired) electrons. The minimum atomic E-state index is 0.511. The van der Waals surface area contributed by atoms with Gasteiger partial charge < -0.3 is 9.64 Å². The Bertz CT molecular complexity index is 348. The van der Waals surface area contributed by atoms with Crippen molar-refractivity contribution in [1.82, 2.24) is 9.97 Å². The van der Waals surface area contributed by atoms with E-state index in [-0.39, 0.29) is 0 Å². The van der Waals surface area contributed by atoms with Crippen LogP contribution >= 0.6 is 15.9 Å². The fourth-order valence-electron chi connectivity index (χ4n) is 1.96. The highest BCUT2D eigenvalue weighted by molar-refractivity contribution is 9.09. The van der Waals surface area contributed by atoms with E-state index in [1.165, 1.54) is 12.8 Å². The van der Waals surface area contributed by atoms with Gasteiger partial charge in [-0.25, -0.2) is 4.98 Å². The highest BCUT2D eigenvalue weighted by atomic mass is 79.9. The number of ether oxygens (including phenoxy) is 1. The van der Waals surface area contributed by atoms with Crippen molar-refractivity contribution in [3.8, 4) is 5.88 Å². The Morgan fingerprint density at radius 2 is 2.50 bits per heavy atom. The molecule has 1 saturated heterocycles. The molecule has 1 atom stereocenters. The Hall–Kier alpha value is -0.840. The van der Waals surface area contributed by atoms with Crippen LogP contribution in [0.15, 0.2) is 12.3 Å². The molecule has 1 unspecified atom stereocenters. The second kappa shape index (κ2) is 5.48. The lowest BCUT2D eigenvalue weighted by Crippen LogP contribution is -2.31. The first-order valence-corrected chi connectivity index (χ1v) is 6.75. The molecule has 0 aliphatic carbocycles. The van der Waals surface area contributed by atoms with Crippen LogP contribution in [0.5, 0.6) is 5.88 Å². The minimum absolute atomic E-state index is 0.511. The molecule has 88 valence electrons. The molecule has 1 aromatic rings. The number of halogens is 1. The molecule has 1 aromatic heterocycles. The van der Waals surface area contributed by atoms with Gasteiger partial charge in [0.05, 0.1) is 6.61 Å². The predicted octanol–water partition coefficient (Wildman–Crippen LogP) is 2.24. The number of aromatic nitrogens is 2. The van der Waals surface area contributed by atoms with Crippen molar-refractivity contribution in [2.24, 2.45) is 0 Å². The summed E-state index contributed by atoms with van der Waals surface area (Å²) < 4.78 is 5.39. The SMILES string of the molecule is CCOc1ccnc(N2CCCC2CBr)n1. The zero-order valence-electron chi connectivity index (χ0n) is 9.40. The van der Waals surface area contributed by atoms with Gasteiger partial charge in [0, 0.05) is 30.2 Å². The van der Waals surface area contributed by atoms with Crippen LogP contribution in [0.3, 0.4) is 0 Å². The van der Waals surface area contributed by atoms with E-state index in [0.29, 0.717) is 18.5 Å². The molecule has 0 aromatic carbocycles. The second-order valence-electron chi connectivity index (χ2n) is 3.77. The third-order valence-electron chi connectivity index (χ3n) is 2.72. The molecular formula is C11H16BrN3O. The van der Waals surface area contributed by atoms with Crippen molar-refractivity contribution in [3.63, 3.8) is 0 Å². The van der Waals surface area contributed by atoms with E-state index >= 15 is 0 Å². The van der Waals surface area contributed by atoms with Crippen LogP contribution in [-0.4, -0.2) is 34.5 Å². The summed E-state index contributed by atoms with van der Waals surface area (Å²) in [6, 6.07) is 2.31. The van der Waals surface area contributed by atoms with Crippen molar-refractivity contribution < 1.29 is 4.74 Å². The quantitative estimate of drug-likeness (QED) is 0.796. The summed E-state index contributed by atoms with van der Waals surface area (Å²) in [5, 5.41) is 0.967. The largest absolute Gasteiger partial charge is 0.478 e. The lowest BCUT2D eigenvalue weighted by Gasteiger charge is -2.22. The van der Waals surface area contributed by atoms with Gasteiger partial charge in [-0.05, 0) is 19.8 Å². The number of nitrogens with zero attached hydrogens (tertiary/aromatic N) is 3. The molecule has 0 saturated carbocycles. The summed E-state index contributed by atoms with van der Waals surface area (Å²) in [6.45, 7) is 3.63. The van der Waals surface area contributed by atoms with Gasteiger partial charge in [0.1, 0.15) is 0 Å². The lowest BCUT2D eigenvalue weighted by molar-refractivity contribution is 0.326. The van der Waals surface area contributed by atoms with E-state index in [4.69, 9.17) is 4.74 Å². The van der Waals surface area contributed by atoms with E-state index in [0.717, 1.165) is 17.8 Å². The van der Waals surface area contributed by atoms with Gasteiger partial charge in [0.25, 0.3) is 0 Å². The van der Waals surface area contributed by atoms with E-state index < -0.39 is 0 Å². The highest BCUT2D eigenvalue weighted by Gasteiger charge is 2.25. The molecule has 1 aliphatic heterocycles. The van der Waals surface area contributed by atoms with Crippen LogP contribution in [0.2, 0.25) is 0 Å². The van der Waals surface area contributed by atoms with Crippen LogP contribution in [0.1, 0.15) is 19.8 Å². The average molecular weight is 286 g/mol. The summed E-state index contributed by atoms with van der Waals surface area (Å²) in [7, 11) is 0. The molecular weight excluding hydrogens is 270 g/mol. The highest BCUT2D eigenvalue weighted by Crippen LogP contribution is 2.24. The summed E-state index contributed by atoms with van der Waals surface area (Å²) in [6.07, 6.45) is 4.17. The fourth-order valence-corrected chi connectivity index (χ4v) is 2.63. The van der Waals surface area contributed by atoms with E-state index in [2.05, 4.69) is 30.8 Å². The maximum atomic E-state index is 5.39. The summed E-state index contributed by atoms with van der Waals surface area (Å²) in [5.74, 6) is 1.45. The maximum Gasteiger partial charge on any atom is 0.228 e. The molecule has 1 fully saturated rings. The minimum Gasteiger partial charge on any atom is -0.478 e. The Labute approximate surface area is 104 Å². The number of anilines is 1. The first-order chi connectivity index (χ1) is 7.85. The first kappa shape index (κ1) is 11.6. The van der Waals surface area contributed by atoms with Crippen molar-refractivity contribution in [2.75, 3.05) is 23.4 Å². The Balaban J connectivity index is 2.16. The third-order valence-corrected chi connectivity index (χ3v) is 3.47. The molecule has 1 aliphatic rings. The molecule has 0 bridgehead atoms. The van der Waals surface area contributed by atoms with Crippen molar-refractivity contribution in [2.45, 2.75) is 25.8 Å². The topological polar surface area (TPSA) is 38.2 Å². The molecule has 16 heavy (non-hydrogen) atoms. The average Bonchev–Trinajstić information content (AvgIpc) is 2.78. The third kappa shape index (κ3) is 2.45. The number of hydrogen-bond acceptors (Lipinski definition) is 4. The summed E-state index contributed by atoms with van der Waals surface area (Å²) in [5.41, 5.74) is 0. The fraction of sp³-hybridized carbons (Fsp3) is 0.636. The molecule has 2 rings (SSSR count). The molecule has 5 heteroatoms. The zero-order chi connectivity index (χ0) is 11.4. The van der Waals surface area contributed by atoms with E-state index in [9.17, 15) is 0 Å². The molecule has 0 spiro atoms. The van der Waals surface area contributed by atoms with Gasteiger partial charge >= 0.3 is 0 Å². The number of rotatable bonds is 4. The van der Waals surface area contributed by atoms with Gasteiger partial charge in [-0.3, -0.25) is 0 Å². The normalized spacial score (nSPS) is 20.1. The molecule has 0 N–H and O–H groups in total. The van der Waals surface area contributed by atoms with Crippen molar-refractivity contribution in [3.05, 3.63) is 12.3 Å². The van der Waals surface area contributed by atoms with Crippen LogP contribution in [0.25, 0.3) is 0 Å². The van der Waals surface area contributed by atoms with E-state index in [1.807, 2.05) is 6.92 Å². The van der Waals surface area contributed by atoms with Crippen LogP contribution in [0, 0.1) is 0 Å². The van der Waals surface area contributed by atoms with Crippen molar-refractivity contribution >= 4 is 21.9 Å². The maximum absolute atomic E-state index is 5.39. The van der Waals surface area contributed by atoms with Gasteiger partial charge in [-0.2, -0.15) is 4.98 Å². The van der Waals surface area contributed by atoms with Gasteiger partial charge in [0.15, 0.2) is 0 Å². The van der Waals surface area contributed by atoms with Gasteiger partial charge in [-0.1, -0.05) is 15.9 Å². The van der Waals surface area contributed by atoms with E-state index in [1.54, 1.807) is 12.3 Å². The monoisotopic (exact) mass is 285 g/mol. The standard InChI is InChI=1S/C11H16BrN3O/c1-2-16-10-5-6-13-11(14-10)15-7-3-4-9(15)8-12/h5-6,9H,2-4,7-8H2,1H3. The smallest absolute Gasteiger partial charge is 0.228 e. The summed E-state index contributed by atoms with van der Waals surface area (Å²) >= 11 is 3.53. The van der Waals surface area contributed by atoms with Gasteiger partial charge in [-0.15, -0.1) is 0 Å². The number of hydrogen-bond donors (Lipinski definition) is 0. The summed E-state index contributed by atoms with van der Waals surface area (Å²) in [4.78, 5) is 11.0.